The van der Waals surface area contributed by atoms with Gasteiger partial charge in [0, 0.05) is 5.56 Å². The Morgan fingerprint density at radius 2 is 2.05 bits per heavy atom. The predicted molar refractivity (Wildman–Crippen MR) is 79.8 cm³/mol. The summed E-state index contributed by atoms with van der Waals surface area (Å²) in [6, 6.07) is 3.62. The van der Waals surface area contributed by atoms with Crippen LogP contribution in [0.4, 0.5) is 4.79 Å². The summed E-state index contributed by atoms with van der Waals surface area (Å²) >= 11 is 0. The number of phenolic OH excluding ortho intramolecular Hbond substituents is 1. The van der Waals surface area contributed by atoms with Crippen molar-refractivity contribution in [3.05, 3.63) is 34.9 Å². The van der Waals surface area contributed by atoms with Crippen LogP contribution in [0.1, 0.15) is 24.5 Å². The van der Waals surface area contributed by atoms with Gasteiger partial charge in [-0.15, -0.1) is 0 Å². The highest BCUT2D eigenvalue weighted by Crippen LogP contribution is 2.31. The molecule has 0 saturated heterocycles. The molecule has 0 aliphatic rings. The minimum absolute atomic E-state index is 0.176. The zero-order valence-electron chi connectivity index (χ0n) is 12.9. The van der Waals surface area contributed by atoms with Gasteiger partial charge in [0.15, 0.2) is 0 Å². The second kappa shape index (κ2) is 8.19. The second-order valence-electron chi connectivity index (χ2n) is 4.78. The maximum Gasteiger partial charge on any atom is 0.508 e. The lowest BCUT2D eigenvalue weighted by atomic mass is 10.0. The van der Waals surface area contributed by atoms with Crippen LogP contribution in [-0.2, 0) is 15.9 Å². The van der Waals surface area contributed by atoms with E-state index in [-0.39, 0.29) is 12.4 Å². The standard InChI is InChI=1S/C16H22O5/c1-11(7-8-21-16(18)20-4)5-6-13-14(17)9-12(2)10-15(13)19-3/h7,9-10,17H,5-6,8H2,1-4H3/b11-7+. The summed E-state index contributed by atoms with van der Waals surface area (Å²) in [5.41, 5.74) is 2.79. The van der Waals surface area contributed by atoms with Crippen LogP contribution < -0.4 is 4.74 Å². The van der Waals surface area contributed by atoms with Gasteiger partial charge in [-0.05, 0) is 50.5 Å². The number of methoxy groups -OCH3 is 2. The molecule has 1 rings (SSSR count). The molecule has 1 aromatic rings. The quantitative estimate of drug-likeness (QED) is 0.643. The van der Waals surface area contributed by atoms with Crippen molar-refractivity contribution >= 4 is 6.16 Å². The van der Waals surface area contributed by atoms with Crippen LogP contribution in [0.25, 0.3) is 0 Å². The van der Waals surface area contributed by atoms with Gasteiger partial charge in [-0.3, -0.25) is 0 Å². The number of ether oxygens (including phenoxy) is 3. The number of phenols is 1. The van der Waals surface area contributed by atoms with Crippen molar-refractivity contribution < 1.29 is 24.1 Å². The molecule has 0 unspecified atom stereocenters. The monoisotopic (exact) mass is 294 g/mol. The summed E-state index contributed by atoms with van der Waals surface area (Å²) in [5.74, 6) is 0.927. The third kappa shape index (κ3) is 5.38. The van der Waals surface area contributed by atoms with E-state index >= 15 is 0 Å². The first kappa shape index (κ1) is 16.9. The van der Waals surface area contributed by atoms with E-state index in [0.29, 0.717) is 12.2 Å². The minimum Gasteiger partial charge on any atom is -0.508 e. The Balaban J connectivity index is 2.62. The lowest BCUT2D eigenvalue weighted by Gasteiger charge is -2.12. The van der Waals surface area contributed by atoms with Gasteiger partial charge < -0.3 is 19.3 Å². The fourth-order valence-electron chi connectivity index (χ4n) is 1.93. The molecule has 0 heterocycles. The molecule has 0 spiro atoms. The highest BCUT2D eigenvalue weighted by molar-refractivity contribution is 5.59. The zero-order valence-corrected chi connectivity index (χ0v) is 12.9. The van der Waals surface area contributed by atoms with Gasteiger partial charge in [0.1, 0.15) is 18.1 Å². The molecule has 5 nitrogen and oxygen atoms in total. The van der Waals surface area contributed by atoms with E-state index in [1.54, 1.807) is 13.2 Å². The average Bonchev–Trinajstić information content (AvgIpc) is 2.45. The number of hydrogen-bond acceptors (Lipinski definition) is 5. The molecule has 1 aromatic carbocycles. The van der Waals surface area contributed by atoms with Crippen molar-refractivity contribution in [1.29, 1.82) is 0 Å². The number of rotatable bonds is 6. The maximum absolute atomic E-state index is 10.8. The highest BCUT2D eigenvalue weighted by Gasteiger charge is 2.10. The molecule has 0 saturated carbocycles. The van der Waals surface area contributed by atoms with Crippen LogP contribution >= 0.6 is 0 Å². The molecule has 0 atom stereocenters. The van der Waals surface area contributed by atoms with Gasteiger partial charge in [0.2, 0.25) is 0 Å². The van der Waals surface area contributed by atoms with Gasteiger partial charge in [-0.25, -0.2) is 4.79 Å². The Hall–Kier alpha value is -2.17. The molecule has 0 aromatic heterocycles. The van der Waals surface area contributed by atoms with Crippen molar-refractivity contribution in [2.24, 2.45) is 0 Å². The molecule has 21 heavy (non-hydrogen) atoms. The lowest BCUT2D eigenvalue weighted by Crippen LogP contribution is -2.04. The first-order valence-electron chi connectivity index (χ1n) is 6.70. The Morgan fingerprint density at radius 1 is 1.33 bits per heavy atom. The summed E-state index contributed by atoms with van der Waals surface area (Å²) < 4.78 is 14.5. The van der Waals surface area contributed by atoms with Crippen LogP contribution in [-0.4, -0.2) is 32.1 Å². The fraction of sp³-hybridized carbons (Fsp3) is 0.438. The van der Waals surface area contributed by atoms with E-state index < -0.39 is 6.16 Å². The molecule has 0 bridgehead atoms. The van der Waals surface area contributed by atoms with Crippen LogP contribution in [0.15, 0.2) is 23.8 Å². The van der Waals surface area contributed by atoms with E-state index in [2.05, 4.69) is 4.74 Å². The minimum atomic E-state index is -0.697. The summed E-state index contributed by atoms with van der Waals surface area (Å²) in [6.45, 7) is 4.02. The van der Waals surface area contributed by atoms with Crippen molar-refractivity contribution in [2.45, 2.75) is 26.7 Å². The summed E-state index contributed by atoms with van der Waals surface area (Å²) in [7, 11) is 2.86. The van der Waals surface area contributed by atoms with Gasteiger partial charge in [0.25, 0.3) is 0 Å². The summed E-state index contributed by atoms with van der Waals surface area (Å²) in [4.78, 5) is 10.8. The Morgan fingerprint density at radius 3 is 2.67 bits per heavy atom. The van der Waals surface area contributed by atoms with Crippen LogP contribution in [0.2, 0.25) is 0 Å². The van der Waals surface area contributed by atoms with Crippen LogP contribution in [0.3, 0.4) is 0 Å². The van der Waals surface area contributed by atoms with E-state index in [1.807, 2.05) is 26.0 Å². The SMILES string of the molecule is COC(=O)OC/C=C(\C)CCc1c(O)cc(C)cc1OC. The zero-order chi connectivity index (χ0) is 15.8. The van der Waals surface area contributed by atoms with Gasteiger partial charge in [-0.2, -0.15) is 0 Å². The highest BCUT2D eigenvalue weighted by atomic mass is 16.7. The topological polar surface area (TPSA) is 65.0 Å². The summed E-state index contributed by atoms with van der Waals surface area (Å²) in [6.07, 6.45) is 2.50. The lowest BCUT2D eigenvalue weighted by molar-refractivity contribution is 0.0816. The molecule has 0 aliphatic carbocycles. The molecular weight excluding hydrogens is 272 g/mol. The molecule has 0 radical (unpaired) electrons. The van der Waals surface area contributed by atoms with Crippen molar-refractivity contribution in [3.8, 4) is 11.5 Å². The third-order valence-corrected chi connectivity index (χ3v) is 3.12. The number of allylic oxidation sites excluding steroid dienone is 1. The second-order valence-corrected chi connectivity index (χ2v) is 4.78. The number of aryl methyl sites for hydroxylation is 1. The van der Waals surface area contributed by atoms with Gasteiger partial charge in [-0.1, -0.05) is 5.57 Å². The average molecular weight is 294 g/mol. The van der Waals surface area contributed by atoms with Crippen LogP contribution in [0.5, 0.6) is 11.5 Å². The smallest absolute Gasteiger partial charge is 0.508 e. The normalized spacial score (nSPS) is 11.1. The number of hydrogen-bond donors (Lipinski definition) is 1. The van der Waals surface area contributed by atoms with E-state index in [9.17, 15) is 9.90 Å². The number of carbonyl (C=O) groups excluding carboxylic acids is 1. The number of aromatic hydroxyl groups is 1. The molecule has 0 aliphatic heterocycles. The first-order chi connectivity index (χ1) is 9.97. The molecular formula is C16H22O5. The van der Waals surface area contributed by atoms with Gasteiger partial charge in [0.05, 0.1) is 14.2 Å². The van der Waals surface area contributed by atoms with Crippen molar-refractivity contribution in [3.63, 3.8) is 0 Å². The van der Waals surface area contributed by atoms with E-state index in [4.69, 9.17) is 9.47 Å². The molecule has 5 heteroatoms. The Bertz CT molecular complexity index is 520. The first-order valence-corrected chi connectivity index (χ1v) is 6.70. The van der Waals surface area contributed by atoms with E-state index in [0.717, 1.165) is 23.1 Å². The number of benzene rings is 1. The summed E-state index contributed by atoms with van der Waals surface area (Å²) in [5, 5.41) is 10.0. The van der Waals surface area contributed by atoms with Gasteiger partial charge >= 0.3 is 6.16 Å². The predicted octanol–water partition coefficient (Wildman–Crippen LogP) is 3.37. The molecule has 0 fully saturated rings. The molecule has 1 N–H and O–H groups in total. The van der Waals surface area contributed by atoms with Crippen molar-refractivity contribution in [2.75, 3.05) is 20.8 Å². The maximum atomic E-state index is 10.8. The van der Waals surface area contributed by atoms with Crippen molar-refractivity contribution in [1.82, 2.24) is 0 Å². The van der Waals surface area contributed by atoms with E-state index in [1.165, 1.54) is 7.11 Å². The fourth-order valence-corrected chi connectivity index (χ4v) is 1.93. The molecule has 0 amide bonds. The third-order valence-electron chi connectivity index (χ3n) is 3.12. The Labute approximate surface area is 125 Å². The number of carbonyl (C=O) groups is 1. The molecule has 116 valence electrons. The largest absolute Gasteiger partial charge is 0.508 e. The Kier molecular flexibility index (Phi) is 6.59. The van der Waals surface area contributed by atoms with Crippen LogP contribution in [0, 0.1) is 6.92 Å².